The quantitative estimate of drug-likeness (QED) is 0.760. The van der Waals surface area contributed by atoms with Crippen molar-refractivity contribution in [3.05, 3.63) is 0 Å². The second kappa shape index (κ2) is 5.25. The summed E-state index contributed by atoms with van der Waals surface area (Å²) in [6, 6.07) is -0.969. The van der Waals surface area contributed by atoms with Crippen molar-refractivity contribution < 1.29 is 14.7 Å². The molecule has 0 radical (unpaired) electrons. The molecule has 2 atom stereocenters. The van der Waals surface area contributed by atoms with E-state index >= 15 is 0 Å². The lowest BCUT2D eigenvalue weighted by Gasteiger charge is -2.25. The lowest BCUT2D eigenvalue weighted by molar-refractivity contribution is -0.141. The molecule has 1 aliphatic rings. The Balaban J connectivity index is 2.63. The fraction of sp³-hybridized carbons (Fsp3) is 0.778. The maximum absolute atomic E-state index is 11.7. The molecule has 15 heavy (non-hydrogen) atoms. The molecule has 86 valence electrons. The molecule has 2 unspecified atom stereocenters. The van der Waals surface area contributed by atoms with Crippen LogP contribution in [-0.2, 0) is 4.79 Å². The molecule has 0 aliphatic carbocycles. The molecule has 1 saturated heterocycles. The number of carboxylic acids is 1. The van der Waals surface area contributed by atoms with Crippen LogP contribution in [0.15, 0.2) is 0 Å². The van der Waals surface area contributed by atoms with Crippen LogP contribution in [0.5, 0.6) is 0 Å². The van der Waals surface area contributed by atoms with Crippen molar-refractivity contribution in [2.24, 2.45) is 0 Å². The molecule has 6 heteroatoms. The zero-order chi connectivity index (χ0) is 11.4. The fourth-order valence-corrected chi connectivity index (χ4v) is 2.63. The average Bonchev–Trinajstić information content (AvgIpc) is 2.56. The van der Waals surface area contributed by atoms with Gasteiger partial charge in [0.15, 0.2) is 0 Å². The molecule has 0 bridgehead atoms. The normalized spacial score (nSPS) is 25.3. The number of nitrogens with one attached hydrogen (secondary N) is 1. The van der Waals surface area contributed by atoms with Gasteiger partial charge in [-0.25, -0.2) is 9.59 Å². The van der Waals surface area contributed by atoms with Crippen LogP contribution in [0.1, 0.15) is 20.3 Å². The van der Waals surface area contributed by atoms with Crippen LogP contribution >= 0.6 is 11.8 Å². The molecule has 5 nitrogen and oxygen atoms in total. The third kappa shape index (κ3) is 2.77. The summed E-state index contributed by atoms with van der Waals surface area (Å²) in [5, 5.41) is 11.6. The second-order valence-corrected chi connectivity index (χ2v) is 4.77. The Labute approximate surface area is 93.2 Å². The predicted octanol–water partition coefficient (Wildman–Crippen LogP) is 0.954. The predicted molar refractivity (Wildman–Crippen MR) is 58.9 cm³/mol. The molecule has 0 saturated carbocycles. The summed E-state index contributed by atoms with van der Waals surface area (Å²) in [6.45, 7) is 4.38. The molecule has 0 aromatic carbocycles. The molecule has 2 amide bonds. The van der Waals surface area contributed by atoms with E-state index in [0.29, 0.717) is 12.3 Å². The lowest BCUT2D eigenvalue weighted by Crippen LogP contribution is -2.49. The van der Waals surface area contributed by atoms with Gasteiger partial charge in [-0.2, -0.15) is 0 Å². The number of aliphatic carboxylic acids is 1. The van der Waals surface area contributed by atoms with E-state index in [1.807, 2.05) is 13.8 Å². The van der Waals surface area contributed by atoms with Gasteiger partial charge in [0, 0.05) is 12.3 Å². The molecular weight excluding hydrogens is 216 g/mol. The summed E-state index contributed by atoms with van der Waals surface area (Å²) in [5.41, 5.74) is 0. The average molecular weight is 232 g/mol. The van der Waals surface area contributed by atoms with Crippen LogP contribution in [-0.4, -0.2) is 45.7 Å². The van der Waals surface area contributed by atoms with Crippen molar-refractivity contribution in [1.82, 2.24) is 10.2 Å². The van der Waals surface area contributed by atoms with E-state index in [2.05, 4.69) is 5.32 Å². The third-order valence-electron chi connectivity index (χ3n) is 2.27. The summed E-state index contributed by atoms with van der Waals surface area (Å²) in [7, 11) is 0. The Kier molecular flexibility index (Phi) is 4.26. The molecule has 1 aliphatic heterocycles. The van der Waals surface area contributed by atoms with Crippen LogP contribution < -0.4 is 5.32 Å². The minimum absolute atomic E-state index is 0.0667. The SMILES string of the molecule is CCCNC(=O)N1C(C)SCC1C(=O)O. The first-order chi connectivity index (χ1) is 7.07. The molecule has 1 fully saturated rings. The van der Waals surface area contributed by atoms with Crippen molar-refractivity contribution in [2.45, 2.75) is 31.7 Å². The van der Waals surface area contributed by atoms with E-state index in [4.69, 9.17) is 5.11 Å². The smallest absolute Gasteiger partial charge is 0.327 e. The Morgan fingerprint density at radius 1 is 1.60 bits per heavy atom. The molecule has 0 aromatic rings. The van der Waals surface area contributed by atoms with Crippen molar-refractivity contribution in [3.8, 4) is 0 Å². The number of amides is 2. The van der Waals surface area contributed by atoms with E-state index in [-0.39, 0.29) is 11.4 Å². The standard InChI is InChI=1S/C9H16N2O3S/c1-3-4-10-9(14)11-6(2)15-5-7(11)8(12)13/h6-7H,3-5H2,1-2H3,(H,10,14)(H,12,13). The van der Waals surface area contributed by atoms with Gasteiger partial charge in [-0.05, 0) is 13.3 Å². The maximum Gasteiger partial charge on any atom is 0.327 e. The molecule has 1 heterocycles. The number of urea groups is 1. The Morgan fingerprint density at radius 3 is 2.80 bits per heavy atom. The Morgan fingerprint density at radius 2 is 2.27 bits per heavy atom. The maximum atomic E-state index is 11.7. The molecule has 1 rings (SSSR count). The monoisotopic (exact) mass is 232 g/mol. The van der Waals surface area contributed by atoms with Gasteiger partial charge in [0.1, 0.15) is 6.04 Å². The number of carbonyl (C=O) groups excluding carboxylic acids is 1. The summed E-state index contributed by atoms with van der Waals surface area (Å²) in [4.78, 5) is 24.0. The highest BCUT2D eigenvalue weighted by Crippen LogP contribution is 2.28. The second-order valence-electron chi connectivity index (χ2n) is 3.43. The van der Waals surface area contributed by atoms with Gasteiger partial charge in [0.05, 0.1) is 5.37 Å². The zero-order valence-electron chi connectivity index (χ0n) is 8.90. The summed E-state index contributed by atoms with van der Waals surface area (Å²) < 4.78 is 0. The van der Waals surface area contributed by atoms with Crippen LogP contribution in [0.25, 0.3) is 0 Å². The third-order valence-corrected chi connectivity index (χ3v) is 3.49. The van der Waals surface area contributed by atoms with Crippen molar-refractivity contribution >= 4 is 23.8 Å². The largest absolute Gasteiger partial charge is 0.480 e. The fourth-order valence-electron chi connectivity index (χ4n) is 1.46. The first-order valence-corrected chi connectivity index (χ1v) is 6.03. The molecule has 0 aromatic heterocycles. The summed E-state index contributed by atoms with van der Waals surface area (Å²) in [5.74, 6) is -0.464. The Hall–Kier alpha value is -0.910. The minimum Gasteiger partial charge on any atom is -0.480 e. The first-order valence-electron chi connectivity index (χ1n) is 4.98. The number of hydrogen-bond acceptors (Lipinski definition) is 3. The van der Waals surface area contributed by atoms with Gasteiger partial charge in [-0.15, -0.1) is 11.8 Å². The van der Waals surface area contributed by atoms with E-state index in [1.54, 1.807) is 0 Å². The van der Waals surface area contributed by atoms with Crippen molar-refractivity contribution in [2.75, 3.05) is 12.3 Å². The molecule has 0 spiro atoms. The lowest BCUT2D eigenvalue weighted by atomic mass is 10.3. The highest BCUT2D eigenvalue weighted by atomic mass is 32.2. The number of nitrogens with zero attached hydrogens (tertiary/aromatic N) is 1. The first kappa shape index (κ1) is 12.2. The number of thioether (sulfide) groups is 1. The summed E-state index contributed by atoms with van der Waals surface area (Å²) in [6.07, 6.45) is 0.846. The van der Waals surface area contributed by atoms with Gasteiger partial charge in [0.2, 0.25) is 0 Å². The topological polar surface area (TPSA) is 69.6 Å². The minimum atomic E-state index is -0.932. The number of carboxylic acid groups (broad SMARTS) is 1. The van der Waals surface area contributed by atoms with Crippen LogP contribution in [0.4, 0.5) is 4.79 Å². The van der Waals surface area contributed by atoms with E-state index in [9.17, 15) is 9.59 Å². The van der Waals surface area contributed by atoms with E-state index < -0.39 is 12.0 Å². The van der Waals surface area contributed by atoms with Crippen LogP contribution in [0.3, 0.4) is 0 Å². The number of rotatable bonds is 3. The highest BCUT2D eigenvalue weighted by molar-refractivity contribution is 8.00. The van der Waals surface area contributed by atoms with Crippen LogP contribution in [0, 0.1) is 0 Å². The number of carbonyl (C=O) groups is 2. The zero-order valence-corrected chi connectivity index (χ0v) is 9.71. The van der Waals surface area contributed by atoms with Crippen molar-refractivity contribution in [3.63, 3.8) is 0 Å². The summed E-state index contributed by atoms with van der Waals surface area (Å²) >= 11 is 1.49. The van der Waals surface area contributed by atoms with Crippen molar-refractivity contribution in [1.29, 1.82) is 0 Å². The van der Waals surface area contributed by atoms with E-state index in [0.717, 1.165) is 6.42 Å². The van der Waals surface area contributed by atoms with Crippen LogP contribution in [0.2, 0.25) is 0 Å². The van der Waals surface area contributed by atoms with Gasteiger partial charge in [-0.1, -0.05) is 6.92 Å². The molecular formula is C9H16N2O3S. The molecule has 2 N–H and O–H groups in total. The van der Waals surface area contributed by atoms with Gasteiger partial charge in [0.25, 0.3) is 0 Å². The highest BCUT2D eigenvalue weighted by Gasteiger charge is 2.39. The van der Waals surface area contributed by atoms with Gasteiger partial charge < -0.3 is 10.4 Å². The number of hydrogen-bond donors (Lipinski definition) is 2. The van der Waals surface area contributed by atoms with Gasteiger partial charge in [-0.3, -0.25) is 4.90 Å². The van der Waals surface area contributed by atoms with E-state index in [1.165, 1.54) is 16.7 Å². The van der Waals surface area contributed by atoms with Gasteiger partial charge >= 0.3 is 12.0 Å². The Bertz CT molecular complexity index is 260.